The Kier molecular flexibility index (Phi) is 7.10. The van der Waals surface area contributed by atoms with E-state index in [4.69, 9.17) is 21.6 Å². The number of amides is 1. The van der Waals surface area contributed by atoms with Gasteiger partial charge in [-0.3, -0.25) is 14.5 Å². The lowest BCUT2D eigenvalue weighted by Crippen LogP contribution is -2.41. The van der Waals surface area contributed by atoms with Gasteiger partial charge in [0, 0.05) is 7.05 Å². The van der Waals surface area contributed by atoms with Crippen molar-refractivity contribution in [1.82, 2.24) is 5.01 Å². The molecule has 4 rings (SSSR count). The number of halogens is 1. The summed E-state index contributed by atoms with van der Waals surface area (Å²) < 4.78 is 34.5. The third-order valence-corrected chi connectivity index (χ3v) is 7.21. The first-order valence-electron chi connectivity index (χ1n) is 11.2. The third-order valence-electron chi connectivity index (χ3n) is 5.51. The lowest BCUT2D eigenvalue weighted by atomic mass is 10.0. The number of nitrogens with zero attached hydrogens (tertiary/aromatic N) is 5. The van der Waals surface area contributed by atoms with E-state index in [-0.39, 0.29) is 32.6 Å². The highest BCUT2D eigenvalue weighted by atomic mass is 35.5. The summed E-state index contributed by atoms with van der Waals surface area (Å²) in [5.74, 6) is -0.0340. The Hall–Kier alpha value is -3.75. The predicted molar refractivity (Wildman–Crippen MR) is 137 cm³/mol. The number of benzene rings is 2. The lowest BCUT2D eigenvalue weighted by molar-refractivity contribution is -0.120. The molecule has 0 radical (unpaired) electrons. The number of amidine groups is 1. The second kappa shape index (κ2) is 10.1. The average Bonchev–Trinajstić information content (AvgIpc) is 3.15. The number of fused-ring (bicyclic) bond motifs is 1. The van der Waals surface area contributed by atoms with Crippen molar-refractivity contribution in [1.29, 1.82) is 5.26 Å². The van der Waals surface area contributed by atoms with Gasteiger partial charge in [0.2, 0.25) is 0 Å². The molecular weight excluding hydrogens is 504 g/mol. The first-order valence-corrected chi connectivity index (χ1v) is 13.1. The van der Waals surface area contributed by atoms with Gasteiger partial charge in [0.15, 0.2) is 11.9 Å². The summed E-state index contributed by atoms with van der Waals surface area (Å²) in [4.78, 5) is 21.6. The van der Waals surface area contributed by atoms with Gasteiger partial charge >= 0.3 is 0 Å². The van der Waals surface area contributed by atoms with Crippen LogP contribution in [0, 0.1) is 11.3 Å². The van der Waals surface area contributed by atoms with Crippen LogP contribution in [0.15, 0.2) is 56.4 Å². The van der Waals surface area contributed by atoms with E-state index in [0.29, 0.717) is 30.2 Å². The minimum Gasteiger partial charge on any atom is -0.493 e. The van der Waals surface area contributed by atoms with Crippen molar-refractivity contribution in [2.45, 2.75) is 37.6 Å². The van der Waals surface area contributed by atoms with E-state index in [2.05, 4.69) is 19.8 Å². The van der Waals surface area contributed by atoms with E-state index in [1.54, 1.807) is 19.0 Å². The zero-order valence-electron chi connectivity index (χ0n) is 19.8. The van der Waals surface area contributed by atoms with Crippen molar-refractivity contribution in [2.24, 2.45) is 15.1 Å². The Bertz CT molecular complexity index is 1480. The van der Waals surface area contributed by atoms with Crippen LogP contribution < -0.4 is 9.46 Å². The van der Waals surface area contributed by atoms with E-state index in [1.165, 1.54) is 36.4 Å². The Morgan fingerprint density at radius 3 is 2.64 bits per heavy atom. The lowest BCUT2D eigenvalue weighted by Gasteiger charge is -2.21. The molecule has 1 amide bonds. The van der Waals surface area contributed by atoms with Gasteiger partial charge in [-0.1, -0.05) is 24.9 Å². The average molecular weight is 527 g/mol. The molecule has 0 aromatic heterocycles. The van der Waals surface area contributed by atoms with Crippen LogP contribution in [0.25, 0.3) is 0 Å². The number of nitriles is 1. The summed E-state index contributed by atoms with van der Waals surface area (Å²) in [6, 6.07) is 9.70. The Morgan fingerprint density at radius 1 is 1.19 bits per heavy atom. The van der Waals surface area contributed by atoms with E-state index in [0.717, 1.165) is 6.42 Å². The molecule has 0 fully saturated rings. The quantitative estimate of drug-likeness (QED) is 0.558. The van der Waals surface area contributed by atoms with E-state index < -0.39 is 22.0 Å². The smallest absolute Gasteiger partial charge is 0.278 e. The molecule has 12 heteroatoms. The van der Waals surface area contributed by atoms with Crippen molar-refractivity contribution >= 4 is 50.5 Å². The molecule has 2 aliphatic rings. The number of carbonyl (C=O) groups excluding carboxylic acids is 1. The summed E-state index contributed by atoms with van der Waals surface area (Å²) in [6.45, 7) is 4.11. The topological polar surface area (TPSA) is 137 Å². The number of hydrogen-bond donors (Lipinski definition) is 1. The minimum atomic E-state index is -4.07. The molecular formula is C24H23ClN6O4S. The number of sulfonamides is 1. The first kappa shape index (κ1) is 25.3. The van der Waals surface area contributed by atoms with E-state index >= 15 is 0 Å². The summed E-state index contributed by atoms with van der Waals surface area (Å²) in [7, 11) is -2.37. The molecule has 2 heterocycles. The number of nitrogens with one attached hydrogen (secondary N) is 1. The molecule has 10 nitrogen and oxygen atoms in total. The molecule has 36 heavy (non-hydrogen) atoms. The maximum Gasteiger partial charge on any atom is 0.278 e. The van der Waals surface area contributed by atoms with Gasteiger partial charge in [-0.2, -0.15) is 15.4 Å². The molecule has 2 aromatic rings. The summed E-state index contributed by atoms with van der Waals surface area (Å²) in [5, 5.41) is 15.1. The minimum absolute atomic E-state index is 0.0623. The molecule has 1 N–H and O–H groups in total. The Morgan fingerprint density at radius 2 is 1.97 bits per heavy atom. The van der Waals surface area contributed by atoms with Gasteiger partial charge < -0.3 is 4.74 Å². The molecule has 0 bridgehead atoms. The van der Waals surface area contributed by atoms with Crippen molar-refractivity contribution in [2.75, 3.05) is 18.4 Å². The summed E-state index contributed by atoms with van der Waals surface area (Å²) >= 11 is 6.04. The second-order valence-corrected chi connectivity index (χ2v) is 10.1. The van der Waals surface area contributed by atoms with Crippen LogP contribution in [0.5, 0.6) is 5.75 Å². The number of hydrogen-bond acceptors (Lipinski definition) is 8. The highest BCUT2D eigenvalue weighted by Gasteiger charge is 2.40. The molecule has 0 aliphatic carbocycles. The van der Waals surface area contributed by atoms with Crippen molar-refractivity contribution in [3.05, 3.63) is 52.5 Å². The van der Waals surface area contributed by atoms with E-state index in [1.807, 2.05) is 13.0 Å². The molecule has 0 saturated carbocycles. The number of aliphatic imine (C=N–C) groups is 2. The number of ether oxygens (including phenoxy) is 1. The molecule has 186 valence electrons. The summed E-state index contributed by atoms with van der Waals surface area (Å²) in [6.07, 6.45) is 1.46. The van der Waals surface area contributed by atoms with Gasteiger partial charge in [-0.05, 0) is 49.7 Å². The van der Waals surface area contributed by atoms with Crippen LogP contribution in [-0.2, 0) is 14.8 Å². The molecule has 1 unspecified atom stereocenters. The standard InChI is InChI=1S/C24H23ClN6O4S/c1-4-6-19-21-22(31(3)29-19)24(32)28-23(27-21)17-12-16(9-10-20(17)35-5-2)36(33,34)30-15-8-7-14(13-26)18(25)11-15/h7-12,22,30H,4-6H2,1-3H3. The van der Waals surface area contributed by atoms with Gasteiger partial charge in [-0.25, -0.2) is 13.4 Å². The van der Waals surface area contributed by atoms with Gasteiger partial charge in [0.25, 0.3) is 15.9 Å². The Balaban J connectivity index is 1.75. The number of carbonyl (C=O) groups is 1. The predicted octanol–water partition coefficient (Wildman–Crippen LogP) is 3.61. The highest BCUT2D eigenvalue weighted by Crippen LogP contribution is 2.29. The van der Waals surface area contributed by atoms with Gasteiger partial charge in [-0.15, -0.1) is 0 Å². The first-order chi connectivity index (χ1) is 17.2. The molecule has 2 aromatic carbocycles. The Labute approximate surface area is 214 Å². The van der Waals surface area contributed by atoms with E-state index in [9.17, 15) is 13.2 Å². The SMILES string of the molecule is CCCC1=NN(C)C2C(=O)N=C(c3cc(S(=O)(=O)Nc4ccc(C#N)c(Cl)c4)ccc3OCC)N=C12. The molecule has 0 saturated heterocycles. The number of anilines is 1. The van der Waals surface area contributed by atoms with Crippen LogP contribution in [0.2, 0.25) is 5.02 Å². The second-order valence-electron chi connectivity index (χ2n) is 8.05. The number of rotatable bonds is 8. The fourth-order valence-corrected chi connectivity index (χ4v) is 5.19. The van der Waals surface area contributed by atoms with Crippen LogP contribution in [0.1, 0.15) is 37.8 Å². The van der Waals surface area contributed by atoms with Crippen LogP contribution in [-0.4, -0.2) is 56.3 Å². The molecule has 2 aliphatic heterocycles. The van der Waals surface area contributed by atoms with Gasteiger partial charge in [0.1, 0.15) is 17.5 Å². The maximum atomic E-state index is 13.2. The maximum absolute atomic E-state index is 13.2. The zero-order chi connectivity index (χ0) is 26.0. The normalized spacial score (nSPS) is 17.1. The van der Waals surface area contributed by atoms with Gasteiger partial charge in [0.05, 0.1) is 39.1 Å². The number of hydrazone groups is 1. The zero-order valence-corrected chi connectivity index (χ0v) is 21.4. The fraction of sp³-hybridized carbons (Fsp3) is 0.292. The largest absolute Gasteiger partial charge is 0.493 e. The van der Waals surface area contributed by atoms with Crippen LogP contribution in [0.3, 0.4) is 0 Å². The van der Waals surface area contributed by atoms with Crippen molar-refractivity contribution in [3.63, 3.8) is 0 Å². The van der Waals surface area contributed by atoms with Crippen molar-refractivity contribution < 1.29 is 17.9 Å². The van der Waals surface area contributed by atoms with Crippen molar-refractivity contribution in [3.8, 4) is 11.8 Å². The molecule has 0 spiro atoms. The fourth-order valence-electron chi connectivity index (χ4n) is 3.89. The highest BCUT2D eigenvalue weighted by molar-refractivity contribution is 7.92. The van der Waals surface area contributed by atoms with Crippen LogP contribution in [0.4, 0.5) is 5.69 Å². The monoisotopic (exact) mass is 526 g/mol. The number of likely N-dealkylation sites (N-methyl/N-ethyl adjacent to an activating group) is 1. The molecule has 1 atom stereocenters. The summed E-state index contributed by atoms with van der Waals surface area (Å²) in [5.41, 5.74) is 1.89. The van der Waals surface area contributed by atoms with Crippen LogP contribution >= 0.6 is 11.6 Å². The third kappa shape index (κ3) is 4.82.